The minimum absolute atomic E-state index is 0.107. The number of anilines is 1. The van der Waals surface area contributed by atoms with Gasteiger partial charge >= 0.3 is 0 Å². The Morgan fingerprint density at radius 2 is 1.85 bits per heavy atom. The number of thioether (sulfide) groups is 1. The number of nitrogens with zero attached hydrogens (tertiary/aromatic N) is 1. The Kier molecular flexibility index (Phi) is 7.17. The zero-order valence-corrected chi connectivity index (χ0v) is 17.5. The van der Waals surface area contributed by atoms with Gasteiger partial charge in [0.1, 0.15) is 0 Å². The first-order valence-corrected chi connectivity index (χ1v) is 10.9. The van der Waals surface area contributed by atoms with E-state index < -0.39 is 0 Å². The monoisotopic (exact) mass is 432 g/mol. The number of carbonyl (C=O) groups is 1. The fourth-order valence-electron chi connectivity index (χ4n) is 3.29. The van der Waals surface area contributed by atoms with Crippen LogP contribution in [0.25, 0.3) is 0 Å². The minimum Gasteiger partial charge on any atom is -0.325 e. The number of piperidine rings is 1. The Bertz CT molecular complexity index is 727. The molecule has 5 heteroatoms. The van der Waals surface area contributed by atoms with Crippen molar-refractivity contribution in [3.8, 4) is 0 Å². The van der Waals surface area contributed by atoms with Crippen molar-refractivity contribution >= 4 is 39.3 Å². The maximum Gasteiger partial charge on any atom is 0.227 e. The number of hydrogen-bond acceptors (Lipinski definition) is 3. The molecule has 1 saturated heterocycles. The number of halogens is 1. The highest BCUT2D eigenvalue weighted by Gasteiger charge is 2.25. The van der Waals surface area contributed by atoms with Crippen molar-refractivity contribution in [3.05, 3.63) is 58.6 Å². The lowest BCUT2D eigenvalue weighted by Crippen LogP contribution is -2.37. The molecule has 2 aromatic rings. The summed E-state index contributed by atoms with van der Waals surface area (Å²) >= 11 is 5.24. The quantitative estimate of drug-likeness (QED) is 0.618. The van der Waals surface area contributed by atoms with Crippen LogP contribution in [0.3, 0.4) is 0 Å². The zero-order chi connectivity index (χ0) is 18.4. The highest BCUT2D eigenvalue weighted by molar-refractivity contribution is 9.10. The van der Waals surface area contributed by atoms with Gasteiger partial charge in [0, 0.05) is 21.8 Å². The third-order valence-electron chi connectivity index (χ3n) is 4.72. The van der Waals surface area contributed by atoms with Gasteiger partial charge in [-0.25, -0.2) is 0 Å². The van der Waals surface area contributed by atoms with Crippen LogP contribution in [0.4, 0.5) is 5.69 Å². The molecule has 0 saturated carbocycles. The van der Waals surface area contributed by atoms with Crippen molar-refractivity contribution in [2.45, 2.75) is 31.2 Å². The minimum atomic E-state index is 0.107. The fraction of sp³-hybridized carbons (Fsp3) is 0.381. The van der Waals surface area contributed by atoms with Crippen LogP contribution < -0.4 is 5.32 Å². The molecule has 1 N–H and O–H groups in total. The van der Waals surface area contributed by atoms with Gasteiger partial charge in [0.05, 0.1) is 5.69 Å². The lowest BCUT2D eigenvalue weighted by atomic mass is 9.95. The molecule has 3 nitrogen and oxygen atoms in total. The van der Waals surface area contributed by atoms with Crippen LogP contribution in [0, 0.1) is 5.92 Å². The number of likely N-dealkylation sites (tertiary alicyclic amines) is 1. The first kappa shape index (κ1) is 19.5. The molecule has 1 heterocycles. The predicted octanol–water partition coefficient (Wildman–Crippen LogP) is 5.41. The first-order valence-electron chi connectivity index (χ1n) is 9.15. The van der Waals surface area contributed by atoms with Crippen molar-refractivity contribution < 1.29 is 4.79 Å². The molecule has 0 atom stereocenters. The van der Waals surface area contributed by atoms with E-state index in [0.29, 0.717) is 0 Å². The normalized spacial score (nSPS) is 15.8. The van der Waals surface area contributed by atoms with E-state index in [9.17, 15) is 4.79 Å². The molecular formula is C21H25BrN2OS. The Hall–Kier alpha value is -1.30. The maximum absolute atomic E-state index is 12.7. The average molecular weight is 433 g/mol. The largest absolute Gasteiger partial charge is 0.325 e. The first-order chi connectivity index (χ1) is 12.7. The molecule has 2 aromatic carbocycles. The summed E-state index contributed by atoms with van der Waals surface area (Å²) in [6.07, 6.45) is 1.84. The van der Waals surface area contributed by atoms with Crippen LogP contribution in [0.1, 0.15) is 25.3 Å². The standard InChI is InChI=1S/C21H25BrN2OS/c1-2-26-20-6-4-3-5-19(20)23-21(25)17-11-13-24(14-12-17)15-16-7-9-18(22)10-8-16/h3-10,17H,2,11-15H2,1H3,(H,23,25). The second-order valence-electron chi connectivity index (χ2n) is 6.60. The van der Waals surface area contributed by atoms with E-state index in [-0.39, 0.29) is 11.8 Å². The van der Waals surface area contributed by atoms with Crippen molar-refractivity contribution in [2.24, 2.45) is 5.92 Å². The number of carbonyl (C=O) groups excluding carboxylic acids is 1. The summed E-state index contributed by atoms with van der Waals surface area (Å²) in [5, 5.41) is 3.15. The molecule has 3 rings (SSSR count). The number of hydrogen-bond donors (Lipinski definition) is 1. The highest BCUT2D eigenvalue weighted by atomic mass is 79.9. The van der Waals surface area contributed by atoms with E-state index in [4.69, 9.17) is 0 Å². The van der Waals surface area contributed by atoms with Gasteiger partial charge in [-0.05, 0) is 61.5 Å². The molecule has 1 aliphatic heterocycles. The van der Waals surface area contributed by atoms with Crippen LogP contribution in [0.15, 0.2) is 57.9 Å². The number of para-hydroxylation sites is 1. The van der Waals surface area contributed by atoms with E-state index in [1.165, 1.54) is 5.56 Å². The van der Waals surface area contributed by atoms with Gasteiger partial charge in [0.2, 0.25) is 5.91 Å². The van der Waals surface area contributed by atoms with Crippen LogP contribution >= 0.6 is 27.7 Å². The molecule has 26 heavy (non-hydrogen) atoms. The lowest BCUT2D eigenvalue weighted by molar-refractivity contribution is -0.121. The van der Waals surface area contributed by atoms with E-state index in [1.54, 1.807) is 11.8 Å². The zero-order valence-electron chi connectivity index (χ0n) is 15.1. The molecule has 138 valence electrons. The lowest BCUT2D eigenvalue weighted by Gasteiger charge is -2.31. The van der Waals surface area contributed by atoms with Crippen molar-refractivity contribution in [3.63, 3.8) is 0 Å². The average Bonchev–Trinajstić information content (AvgIpc) is 2.66. The Morgan fingerprint density at radius 3 is 2.54 bits per heavy atom. The SMILES string of the molecule is CCSc1ccccc1NC(=O)C1CCN(Cc2ccc(Br)cc2)CC1. The van der Waals surface area contributed by atoms with Gasteiger partial charge in [-0.2, -0.15) is 0 Å². The van der Waals surface area contributed by atoms with Gasteiger partial charge in [-0.1, -0.05) is 47.1 Å². The van der Waals surface area contributed by atoms with Gasteiger partial charge in [-0.15, -0.1) is 11.8 Å². The van der Waals surface area contributed by atoms with E-state index >= 15 is 0 Å². The van der Waals surface area contributed by atoms with Crippen LogP contribution in [-0.2, 0) is 11.3 Å². The van der Waals surface area contributed by atoms with Crippen molar-refractivity contribution in [1.82, 2.24) is 4.90 Å². The summed E-state index contributed by atoms with van der Waals surface area (Å²) < 4.78 is 1.11. The molecule has 0 aromatic heterocycles. The number of rotatable bonds is 6. The topological polar surface area (TPSA) is 32.3 Å². The Balaban J connectivity index is 1.51. The van der Waals surface area contributed by atoms with E-state index in [2.05, 4.69) is 63.4 Å². The number of amides is 1. The van der Waals surface area contributed by atoms with Gasteiger partial charge < -0.3 is 5.32 Å². The third-order valence-corrected chi connectivity index (χ3v) is 6.21. The van der Waals surface area contributed by atoms with E-state index in [0.717, 1.165) is 53.3 Å². The molecule has 0 radical (unpaired) electrons. The number of nitrogens with one attached hydrogen (secondary N) is 1. The summed E-state index contributed by atoms with van der Waals surface area (Å²) in [6.45, 7) is 5.03. The van der Waals surface area contributed by atoms with Crippen LogP contribution in [0.5, 0.6) is 0 Å². The van der Waals surface area contributed by atoms with Crippen LogP contribution in [-0.4, -0.2) is 29.6 Å². The summed E-state index contributed by atoms with van der Waals surface area (Å²) in [5.41, 5.74) is 2.27. The van der Waals surface area contributed by atoms with Gasteiger partial charge in [-0.3, -0.25) is 9.69 Å². The third kappa shape index (κ3) is 5.35. The summed E-state index contributed by atoms with van der Waals surface area (Å²) in [5.74, 6) is 1.27. The number of benzene rings is 2. The maximum atomic E-state index is 12.7. The van der Waals surface area contributed by atoms with Gasteiger partial charge in [0.15, 0.2) is 0 Å². The molecule has 0 bridgehead atoms. The molecule has 1 fully saturated rings. The molecular weight excluding hydrogens is 408 g/mol. The highest BCUT2D eigenvalue weighted by Crippen LogP contribution is 2.28. The predicted molar refractivity (Wildman–Crippen MR) is 114 cm³/mol. The summed E-state index contributed by atoms with van der Waals surface area (Å²) in [4.78, 5) is 16.3. The fourth-order valence-corrected chi connectivity index (χ4v) is 4.31. The van der Waals surface area contributed by atoms with Crippen molar-refractivity contribution in [2.75, 3.05) is 24.2 Å². The smallest absolute Gasteiger partial charge is 0.227 e. The summed E-state index contributed by atoms with van der Waals surface area (Å²) in [7, 11) is 0. The van der Waals surface area contributed by atoms with E-state index in [1.807, 2.05) is 18.2 Å². The molecule has 0 spiro atoms. The molecule has 0 unspecified atom stereocenters. The molecule has 0 aliphatic carbocycles. The Labute approximate surface area is 168 Å². The molecule has 1 aliphatic rings. The Morgan fingerprint density at radius 1 is 1.15 bits per heavy atom. The molecule has 1 amide bonds. The second kappa shape index (κ2) is 9.58. The second-order valence-corrected chi connectivity index (χ2v) is 8.82. The van der Waals surface area contributed by atoms with Crippen molar-refractivity contribution in [1.29, 1.82) is 0 Å². The van der Waals surface area contributed by atoms with Gasteiger partial charge in [0.25, 0.3) is 0 Å². The summed E-state index contributed by atoms with van der Waals surface area (Å²) in [6, 6.07) is 16.6. The van der Waals surface area contributed by atoms with Crippen LogP contribution in [0.2, 0.25) is 0 Å².